The Labute approximate surface area is 125 Å². The average molecular weight is 337 g/mol. The monoisotopic (exact) mass is 336 g/mol. The number of benzene rings is 2. The molecule has 2 rings (SSSR count). The summed E-state index contributed by atoms with van der Waals surface area (Å²) in [5, 5.41) is 7.38. The van der Waals surface area contributed by atoms with Gasteiger partial charge in [-0.05, 0) is 52.2 Å². The molecule has 0 fully saturated rings. The Morgan fingerprint density at radius 1 is 1.30 bits per heavy atom. The summed E-state index contributed by atoms with van der Waals surface area (Å²) in [6, 6.07) is 10.1. The zero-order valence-corrected chi connectivity index (χ0v) is 12.5. The van der Waals surface area contributed by atoms with Gasteiger partial charge in [-0.15, -0.1) is 0 Å². The van der Waals surface area contributed by atoms with Crippen LogP contribution in [0, 0.1) is 18.2 Å². The first-order valence-corrected chi connectivity index (χ1v) is 6.78. The van der Waals surface area contributed by atoms with Crippen LogP contribution >= 0.6 is 15.9 Å². The van der Waals surface area contributed by atoms with Crippen LogP contribution in [-0.4, -0.2) is 5.84 Å². The van der Waals surface area contributed by atoms with Crippen LogP contribution in [0.4, 0.5) is 4.39 Å². The lowest BCUT2D eigenvalue weighted by Gasteiger charge is -2.10. The molecule has 5 heteroatoms. The van der Waals surface area contributed by atoms with E-state index in [-0.39, 0.29) is 11.7 Å². The van der Waals surface area contributed by atoms with E-state index in [0.717, 1.165) is 11.1 Å². The molecule has 3 N–H and O–H groups in total. The van der Waals surface area contributed by atoms with E-state index in [1.165, 1.54) is 6.07 Å². The molecule has 0 aromatic heterocycles. The van der Waals surface area contributed by atoms with Gasteiger partial charge in [0.25, 0.3) is 0 Å². The van der Waals surface area contributed by atoms with Crippen LogP contribution in [0.25, 0.3) is 0 Å². The SMILES string of the molecule is Cc1cc(C(=N)N)ccc1COc1ccc(Br)c(F)c1. The van der Waals surface area contributed by atoms with Crippen molar-refractivity contribution < 1.29 is 9.13 Å². The molecule has 0 saturated carbocycles. The summed E-state index contributed by atoms with van der Waals surface area (Å²) in [6.07, 6.45) is 0. The Hall–Kier alpha value is -1.88. The summed E-state index contributed by atoms with van der Waals surface area (Å²) < 4.78 is 19.3. The normalized spacial score (nSPS) is 10.3. The predicted molar refractivity (Wildman–Crippen MR) is 80.6 cm³/mol. The quantitative estimate of drug-likeness (QED) is 0.659. The molecule has 3 nitrogen and oxygen atoms in total. The van der Waals surface area contributed by atoms with Gasteiger partial charge in [-0.1, -0.05) is 12.1 Å². The highest BCUT2D eigenvalue weighted by Crippen LogP contribution is 2.22. The minimum absolute atomic E-state index is 0.0375. The van der Waals surface area contributed by atoms with Crippen molar-refractivity contribution in [1.29, 1.82) is 5.41 Å². The van der Waals surface area contributed by atoms with Gasteiger partial charge in [-0.25, -0.2) is 4.39 Å². The van der Waals surface area contributed by atoms with E-state index in [0.29, 0.717) is 22.4 Å². The number of halogens is 2. The summed E-state index contributed by atoms with van der Waals surface area (Å²) >= 11 is 3.10. The Morgan fingerprint density at radius 2 is 2.05 bits per heavy atom. The Kier molecular flexibility index (Phi) is 4.39. The van der Waals surface area contributed by atoms with Gasteiger partial charge in [0, 0.05) is 11.6 Å². The number of nitrogens with one attached hydrogen (secondary N) is 1. The first-order valence-electron chi connectivity index (χ1n) is 5.99. The van der Waals surface area contributed by atoms with Gasteiger partial charge in [0.1, 0.15) is 24.0 Å². The van der Waals surface area contributed by atoms with Crippen molar-refractivity contribution in [2.24, 2.45) is 5.73 Å². The van der Waals surface area contributed by atoms with Crippen LogP contribution in [0.15, 0.2) is 40.9 Å². The number of aryl methyl sites for hydroxylation is 1. The molecule has 0 saturated heterocycles. The standard InChI is InChI=1S/C15H14BrFN2O/c1-9-6-10(15(18)19)2-3-11(9)8-20-12-4-5-13(16)14(17)7-12/h2-7H,8H2,1H3,(H3,18,19). The minimum atomic E-state index is -0.355. The lowest BCUT2D eigenvalue weighted by molar-refractivity contribution is 0.303. The highest BCUT2D eigenvalue weighted by Gasteiger charge is 2.05. The van der Waals surface area contributed by atoms with Gasteiger partial charge in [0.05, 0.1) is 4.47 Å². The van der Waals surface area contributed by atoms with E-state index in [4.69, 9.17) is 15.9 Å². The maximum atomic E-state index is 13.4. The molecule has 0 amide bonds. The van der Waals surface area contributed by atoms with Crippen molar-refractivity contribution in [1.82, 2.24) is 0 Å². The number of rotatable bonds is 4. The van der Waals surface area contributed by atoms with Crippen molar-refractivity contribution in [2.45, 2.75) is 13.5 Å². The minimum Gasteiger partial charge on any atom is -0.489 e. The van der Waals surface area contributed by atoms with Crippen molar-refractivity contribution in [3.05, 3.63) is 63.4 Å². The second kappa shape index (κ2) is 6.05. The van der Waals surface area contributed by atoms with E-state index in [1.807, 2.05) is 19.1 Å². The maximum absolute atomic E-state index is 13.4. The molecule has 2 aromatic rings. The third kappa shape index (κ3) is 3.36. The fraction of sp³-hybridized carbons (Fsp3) is 0.133. The molecule has 20 heavy (non-hydrogen) atoms. The summed E-state index contributed by atoms with van der Waals surface area (Å²) in [5.74, 6) is 0.155. The predicted octanol–water partition coefficient (Wildman–Crippen LogP) is 3.76. The average Bonchev–Trinajstić information content (AvgIpc) is 2.41. The number of hydrogen-bond donors (Lipinski definition) is 2. The Balaban J connectivity index is 2.10. The molecular formula is C15H14BrFN2O. The van der Waals surface area contributed by atoms with E-state index in [2.05, 4.69) is 15.9 Å². The third-order valence-corrected chi connectivity index (χ3v) is 3.58. The third-order valence-electron chi connectivity index (χ3n) is 2.94. The number of amidine groups is 1. The first kappa shape index (κ1) is 14.5. The number of nitrogen functional groups attached to an aromatic ring is 1. The van der Waals surface area contributed by atoms with Crippen LogP contribution in [0.1, 0.15) is 16.7 Å². The molecule has 0 radical (unpaired) electrons. The summed E-state index contributed by atoms with van der Waals surface area (Å²) in [6.45, 7) is 2.26. The molecule has 0 spiro atoms. The maximum Gasteiger partial charge on any atom is 0.141 e. The molecule has 0 aliphatic rings. The van der Waals surface area contributed by atoms with Crippen LogP contribution < -0.4 is 10.5 Å². The zero-order valence-electron chi connectivity index (χ0n) is 10.9. The topological polar surface area (TPSA) is 59.1 Å². The summed E-state index contributed by atoms with van der Waals surface area (Å²) in [4.78, 5) is 0. The molecule has 0 bridgehead atoms. The smallest absolute Gasteiger partial charge is 0.141 e. The molecule has 0 unspecified atom stereocenters. The lowest BCUT2D eigenvalue weighted by atomic mass is 10.1. The van der Waals surface area contributed by atoms with Crippen LogP contribution in [0.5, 0.6) is 5.75 Å². The van der Waals surface area contributed by atoms with E-state index in [9.17, 15) is 4.39 Å². The summed E-state index contributed by atoms with van der Waals surface area (Å²) in [7, 11) is 0. The van der Waals surface area contributed by atoms with E-state index >= 15 is 0 Å². The van der Waals surface area contributed by atoms with Crippen LogP contribution in [-0.2, 0) is 6.61 Å². The lowest BCUT2D eigenvalue weighted by Crippen LogP contribution is -2.11. The molecule has 0 aliphatic heterocycles. The summed E-state index contributed by atoms with van der Waals surface area (Å²) in [5.41, 5.74) is 8.07. The Bertz CT molecular complexity index is 658. The first-order chi connectivity index (χ1) is 9.47. The molecular weight excluding hydrogens is 323 g/mol. The second-order valence-electron chi connectivity index (χ2n) is 4.42. The zero-order chi connectivity index (χ0) is 14.7. The molecule has 104 valence electrons. The van der Waals surface area contributed by atoms with Crippen LogP contribution in [0.2, 0.25) is 0 Å². The van der Waals surface area contributed by atoms with Crippen molar-refractivity contribution >= 4 is 21.8 Å². The largest absolute Gasteiger partial charge is 0.489 e. The fourth-order valence-electron chi connectivity index (χ4n) is 1.75. The molecule has 0 heterocycles. The second-order valence-corrected chi connectivity index (χ2v) is 5.27. The van der Waals surface area contributed by atoms with E-state index in [1.54, 1.807) is 18.2 Å². The Morgan fingerprint density at radius 3 is 2.65 bits per heavy atom. The van der Waals surface area contributed by atoms with Crippen molar-refractivity contribution in [3.8, 4) is 5.75 Å². The highest BCUT2D eigenvalue weighted by molar-refractivity contribution is 9.10. The van der Waals surface area contributed by atoms with Crippen molar-refractivity contribution in [2.75, 3.05) is 0 Å². The highest BCUT2D eigenvalue weighted by atomic mass is 79.9. The number of ether oxygens (including phenoxy) is 1. The van der Waals surface area contributed by atoms with Crippen molar-refractivity contribution in [3.63, 3.8) is 0 Å². The van der Waals surface area contributed by atoms with E-state index < -0.39 is 0 Å². The molecule has 2 aromatic carbocycles. The van der Waals surface area contributed by atoms with Crippen LogP contribution in [0.3, 0.4) is 0 Å². The van der Waals surface area contributed by atoms with Gasteiger partial charge in [0.15, 0.2) is 0 Å². The number of nitrogens with two attached hydrogens (primary N) is 1. The van der Waals surface area contributed by atoms with Gasteiger partial charge >= 0.3 is 0 Å². The van der Waals surface area contributed by atoms with Gasteiger partial charge in [-0.2, -0.15) is 0 Å². The van der Waals surface area contributed by atoms with Gasteiger partial charge in [0.2, 0.25) is 0 Å². The molecule has 0 atom stereocenters. The van der Waals surface area contributed by atoms with Gasteiger partial charge in [-0.3, -0.25) is 5.41 Å². The fourth-order valence-corrected chi connectivity index (χ4v) is 2.00. The molecule has 0 aliphatic carbocycles. The van der Waals surface area contributed by atoms with Gasteiger partial charge < -0.3 is 10.5 Å². The number of hydrogen-bond acceptors (Lipinski definition) is 2.